The van der Waals surface area contributed by atoms with Gasteiger partial charge in [0.2, 0.25) is 0 Å². The van der Waals surface area contributed by atoms with Gasteiger partial charge in [-0.15, -0.1) is 0 Å². The SMILES string of the molecule is COc1ccc(-c2cc(CC(=O)Cc3ccc(-c4nn(C(C)C)c(N)c4C(N)=O)cc3)on2)cc1. The molecular formula is C26H27N5O4. The smallest absolute Gasteiger partial charge is 0.254 e. The number of nitrogens with zero attached hydrogens (tertiary/aromatic N) is 3. The van der Waals surface area contributed by atoms with E-state index in [-0.39, 0.29) is 36.0 Å². The molecule has 1 amide bonds. The number of hydrogen-bond acceptors (Lipinski definition) is 7. The third-order valence-corrected chi connectivity index (χ3v) is 5.63. The van der Waals surface area contributed by atoms with Gasteiger partial charge < -0.3 is 20.7 Å². The Morgan fingerprint density at radius 1 is 1.03 bits per heavy atom. The topological polar surface area (TPSA) is 139 Å². The van der Waals surface area contributed by atoms with Crippen LogP contribution >= 0.6 is 0 Å². The number of nitrogen functional groups attached to an aromatic ring is 1. The highest BCUT2D eigenvalue weighted by atomic mass is 16.5. The van der Waals surface area contributed by atoms with Crippen molar-refractivity contribution in [1.82, 2.24) is 14.9 Å². The van der Waals surface area contributed by atoms with Crippen LogP contribution in [0.3, 0.4) is 0 Å². The van der Waals surface area contributed by atoms with Gasteiger partial charge in [-0.1, -0.05) is 29.4 Å². The molecular weight excluding hydrogens is 446 g/mol. The number of anilines is 1. The van der Waals surface area contributed by atoms with Crippen molar-refractivity contribution in [3.8, 4) is 28.3 Å². The van der Waals surface area contributed by atoms with E-state index in [4.69, 9.17) is 20.7 Å². The summed E-state index contributed by atoms with van der Waals surface area (Å²) in [5, 5.41) is 8.55. The van der Waals surface area contributed by atoms with Gasteiger partial charge in [0.05, 0.1) is 13.5 Å². The van der Waals surface area contributed by atoms with Crippen LogP contribution in [0.1, 0.15) is 41.6 Å². The van der Waals surface area contributed by atoms with Crippen LogP contribution in [0, 0.1) is 0 Å². The first-order valence-electron chi connectivity index (χ1n) is 11.2. The zero-order valence-corrected chi connectivity index (χ0v) is 19.8. The molecule has 0 aliphatic carbocycles. The number of carbonyl (C=O) groups is 2. The Morgan fingerprint density at radius 2 is 1.69 bits per heavy atom. The standard InChI is InChI=1S/C26H27N5O4/c1-15(2)31-25(27)23(26(28)33)24(29-31)18-6-4-16(5-7-18)12-19(32)13-21-14-22(30-35-21)17-8-10-20(34-3)11-9-17/h4-11,14-15H,12-13,27H2,1-3H3,(H2,28,33). The Morgan fingerprint density at radius 3 is 2.29 bits per heavy atom. The number of ketones is 1. The second-order valence-electron chi connectivity index (χ2n) is 8.51. The molecule has 4 aromatic rings. The summed E-state index contributed by atoms with van der Waals surface area (Å²) in [7, 11) is 1.61. The lowest BCUT2D eigenvalue weighted by atomic mass is 10.0. The highest BCUT2D eigenvalue weighted by Gasteiger charge is 2.22. The quantitative estimate of drug-likeness (QED) is 0.376. The summed E-state index contributed by atoms with van der Waals surface area (Å²) in [5.41, 5.74) is 15.3. The van der Waals surface area contributed by atoms with E-state index in [0.717, 1.165) is 16.9 Å². The Labute approximate surface area is 202 Å². The van der Waals surface area contributed by atoms with E-state index in [1.165, 1.54) is 0 Å². The number of nitrogens with two attached hydrogens (primary N) is 2. The van der Waals surface area contributed by atoms with Crippen molar-refractivity contribution in [2.45, 2.75) is 32.7 Å². The average molecular weight is 474 g/mol. The first-order valence-corrected chi connectivity index (χ1v) is 11.2. The molecule has 0 aliphatic heterocycles. The number of carbonyl (C=O) groups excluding carboxylic acids is 2. The van der Waals surface area contributed by atoms with Gasteiger partial charge in [0.25, 0.3) is 5.91 Å². The average Bonchev–Trinajstić information content (AvgIpc) is 3.44. The van der Waals surface area contributed by atoms with Crippen LogP contribution in [0.5, 0.6) is 5.75 Å². The van der Waals surface area contributed by atoms with Gasteiger partial charge in [0, 0.05) is 29.7 Å². The largest absolute Gasteiger partial charge is 0.497 e. The molecule has 4 rings (SSSR count). The molecule has 0 aliphatic rings. The maximum absolute atomic E-state index is 12.6. The number of primary amides is 1. The second kappa shape index (κ2) is 9.84. The summed E-state index contributed by atoms with van der Waals surface area (Å²) in [5.74, 6) is 0.841. The predicted molar refractivity (Wildman–Crippen MR) is 132 cm³/mol. The molecule has 9 nitrogen and oxygen atoms in total. The molecule has 35 heavy (non-hydrogen) atoms. The molecule has 0 fully saturated rings. The first-order chi connectivity index (χ1) is 16.8. The van der Waals surface area contributed by atoms with Crippen molar-refractivity contribution in [3.05, 3.63) is 71.5 Å². The van der Waals surface area contributed by atoms with Crippen LogP contribution in [0.15, 0.2) is 59.1 Å². The van der Waals surface area contributed by atoms with Crippen molar-refractivity contribution >= 4 is 17.5 Å². The number of hydrogen-bond donors (Lipinski definition) is 2. The normalized spacial score (nSPS) is 11.1. The monoisotopic (exact) mass is 473 g/mol. The Bertz CT molecular complexity index is 1350. The van der Waals surface area contributed by atoms with Gasteiger partial charge in [-0.05, 0) is 43.7 Å². The molecule has 0 bridgehead atoms. The van der Waals surface area contributed by atoms with Crippen molar-refractivity contribution in [3.63, 3.8) is 0 Å². The summed E-state index contributed by atoms with van der Waals surface area (Å²) >= 11 is 0. The highest BCUT2D eigenvalue weighted by Crippen LogP contribution is 2.29. The van der Waals surface area contributed by atoms with Crippen molar-refractivity contribution < 1.29 is 18.8 Å². The maximum atomic E-state index is 12.6. The minimum Gasteiger partial charge on any atom is -0.497 e. The summed E-state index contributed by atoms with van der Waals surface area (Å²) in [6.45, 7) is 3.84. The predicted octanol–water partition coefficient (Wildman–Crippen LogP) is 3.83. The van der Waals surface area contributed by atoms with Crippen LogP contribution < -0.4 is 16.2 Å². The van der Waals surface area contributed by atoms with E-state index in [1.54, 1.807) is 30.0 Å². The molecule has 0 saturated carbocycles. The molecule has 9 heteroatoms. The lowest BCUT2D eigenvalue weighted by molar-refractivity contribution is -0.118. The Kier molecular flexibility index (Phi) is 6.68. The van der Waals surface area contributed by atoms with E-state index in [2.05, 4.69) is 10.3 Å². The van der Waals surface area contributed by atoms with Gasteiger partial charge in [-0.3, -0.25) is 9.59 Å². The molecule has 0 radical (unpaired) electrons. The third-order valence-electron chi connectivity index (χ3n) is 5.63. The fourth-order valence-electron chi connectivity index (χ4n) is 3.85. The molecule has 0 unspecified atom stereocenters. The first kappa shape index (κ1) is 23.7. The third kappa shape index (κ3) is 5.08. The summed E-state index contributed by atoms with van der Waals surface area (Å²) in [6, 6.07) is 16.4. The van der Waals surface area contributed by atoms with Crippen LogP contribution in [-0.4, -0.2) is 33.7 Å². The zero-order chi connectivity index (χ0) is 25.1. The van der Waals surface area contributed by atoms with Gasteiger partial charge in [0.1, 0.15) is 40.1 Å². The van der Waals surface area contributed by atoms with Crippen LogP contribution in [0.25, 0.3) is 22.5 Å². The molecule has 0 spiro atoms. The number of methoxy groups -OCH3 is 1. The molecule has 2 heterocycles. The van der Waals surface area contributed by atoms with Gasteiger partial charge in [-0.2, -0.15) is 5.10 Å². The van der Waals surface area contributed by atoms with Crippen molar-refractivity contribution in [2.75, 3.05) is 12.8 Å². The number of Topliss-reactive ketones (excluding diaryl/α,β-unsaturated/α-hetero) is 1. The zero-order valence-electron chi connectivity index (χ0n) is 19.8. The number of aromatic nitrogens is 3. The summed E-state index contributed by atoms with van der Waals surface area (Å²) in [6.07, 6.45) is 0.357. The summed E-state index contributed by atoms with van der Waals surface area (Å²) in [4.78, 5) is 24.6. The maximum Gasteiger partial charge on any atom is 0.254 e. The van der Waals surface area contributed by atoms with Gasteiger partial charge in [0.15, 0.2) is 0 Å². The second-order valence-corrected chi connectivity index (χ2v) is 8.51. The lowest BCUT2D eigenvalue weighted by Gasteiger charge is -2.06. The molecule has 180 valence electrons. The molecule has 4 N–H and O–H groups in total. The van der Waals surface area contributed by atoms with E-state index >= 15 is 0 Å². The molecule has 0 saturated heterocycles. The van der Waals surface area contributed by atoms with Crippen LogP contribution in [0.2, 0.25) is 0 Å². The fourth-order valence-corrected chi connectivity index (χ4v) is 3.85. The Balaban J connectivity index is 1.44. The van der Waals surface area contributed by atoms with Crippen molar-refractivity contribution in [1.29, 1.82) is 0 Å². The minimum atomic E-state index is -0.635. The molecule has 0 atom stereocenters. The number of amides is 1. The molecule has 2 aromatic carbocycles. The van der Waals surface area contributed by atoms with Gasteiger partial charge >= 0.3 is 0 Å². The number of benzene rings is 2. The van der Waals surface area contributed by atoms with E-state index in [0.29, 0.717) is 22.7 Å². The van der Waals surface area contributed by atoms with E-state index in [9.17, 15) is 9.59 Å². The minimum absolute atomic E-state index is 0.0127. The van der Waals surface area contributed by atoms with Crippen LogP contribution in [-0.2, 0) is 17.6 Å². The molecule has 2 aromatic heterocycles. The lowest BCUT2D eigenvalue weighted by Crippen LogP contribution is -2.15. The van der Waals surface area contributed by atoms with Gasteiger partial charge in [-0.25, -0.2) is 4.68 Å². The highest BCUT2D eigenvalue weighted by molar-refractivity contribution is 6.03. The van der Waals surface area contributed by atoms with E-state index in [1.807, 2.05) is 50.2 Å². The van der Waals surface area contributed by atoms with Crippen molar-refractivity contribution in [2.24, 2.45) is 5.73 Å². The van der Waals surface area contributed by atoms with Crippen LogP contribution in [0.4, 0.5) is 5.82 Å². The number of rotatable bonds is 9. The van der Waals surface area contributed by atoms with E-state index < -0.39 is 5.91 Å². The Hall–Kier alpha value is -4.40. The summed E-state index contributed by atoms with van der Waals surface area (Å²) < 4.78 is 12.1. The number of ether oxygens (including phenoxy) is 1. The fraction of sp³-hybridized carbons (Fsp3) is 0.231.